The average molecular weight is 184 g/mol. The van der Waals surface area contributed by atoms with Crippen molar-refractivity contribution in [3.05, 3.63) is 59.9 Å². The van der Waals surface area contributed by atoms with Crippen molar-refractivity contribution in [3.63, 3.8) is 0 Å². The zero-order valence-corrected chi connectivity index (χ0v) is 7.85. The normalized spacial score (nSPS) is 10.0. The molecule has 0 aliphatic heterocycles. The third-order valence-electron chi connectivity index (χ3n) is 2.18. The van der Waals surface area contributed by atoms with Crippen molar-refractivity contribution in [2.24, 2.45) is 0 Å². The molecular weight excluding hydrogens is 172 g/mol. The molecule has 70 valence electrons. The lowest BCUT2D eigenvalue weighted by Gasteiger charge is -2.03. The highest BCUT2D eigenvalue weighted by Gasteiger charge is 1.99. The first-order valence-electron chi connectivity index (χ1n) is 4.58. The summed E-state index contributed by atoms with van der Waals surface area (Å²) in [5.74, 6) is 0. The second-order valence-electron chi connectivity index (χ2n) is 3.24. The topological polar surface area (TPSA) is 38.9 Å². The first-order chi connectivity index (χ1) is 6.86. The number of hydrogen-bond acceptors (Lipinski definition) is 2. The maximum Gasteiger partial charge on any atom is 0.0380 e. The molecule has 0 saturated carbocycles. The standard InChI is InChI=1S/C12H12N2/c13-12-6-7-14-9-11(12)8-10-4-2-1-3-5-10/h1-7,9H,8H2,(H2,13,14). The van der Waals surface area contributed by atoms with Gasteiger partial charge in [0.15, 0.2) is 0 Å². The molecule has 0 bridgehead atoms. The molecule has 0 spiro atoms. The molecule has 2 N–H and O–H groups in total. The number of nitrogen functional groups attached to an aromatic ring is 1. The van der Waals surface area contributed by atoms with Gasteiger partial charge in [0, 0.05) is 24.5 Å². The van der Waals surface area contributed by atoms with Crippen LogP contribution in [0.2, 0.25) is 0 Å². The summed E-state index contributed by atoms with van der Waals surface area (Å²) in [7, 11) is 0. The number of benzene rings is 1. The molecule has 0 fully saturated rings. The predicted molar refractivity (Wildman–Crippen MR) is 57.9 cm³/mol. The van der Waals surface area contributed by atoms with E-state index in [1.54, 1.807) is 6.20 Å². The molecule has 1 aromatic carbocycles. The first kappa shape index (κ1) is 8.75. The van der Waals surface area contributed by atoms with Crippen molar-refractivity contribution in [2.75, 3.05) is 5.73 Å². The number of hydrogen-bond donors (Lipinski definition) is 1. The molecule has 0 aliphatic rings. The summed E-state index contributed by atoms with van der Waals surface area (Å²) in [4.78, 5) is 4.06. The number of nitrogens with zero attached hydrogens (tertiary/aromatic N) is 1. The monoisotopic (exact) mass is 184 g/mol. The van der Waals surface area contributed by atoms with Gasteiger partial charge in [-0.3, -0.25) is 4.98 Å². The van der Waals surface area contributed by atoms with E-state index in [4.69, 9.17) is 5.73 Å². The number of nitrogens with two attached hydrogens (primary N) is 1. The van der Waals surface area contributed by atoms with E-state index in [1.165, 1.54) is 5.56 Å². The van der Waals surface area contributed by atoms with Gasteiger partial charge in [0.2, 0.25) is 0 Å². The van der Waals surface area contributed by atoms with Crippen LogP contribution in [0.25, 0.3) is 0 Å². The predicted octanol–water partition coefficient (Wildman–Crippen LogP) is 2.25. The van der Waals surface area contributed by atoms with Gasteiger partial charge in [-0.15, -0.1) is 0 Å². The van der Waals surface area contributed by atoms with Crippen LogP contribution in [0.5, 0.6) is 0 Å². The molecule has 2 aromatic rings. The third-order valence-corrected chi connectivity index (χ3v) is 2.18. The minimum absolute atomic E-state index is 0.809. The summed E-state index contributed by atoms with van der Waals surface area (Å²) < 4.78 is 0. The maximum absolute atomic E-state index is 5.83. The van der Waals surface area contributed by atoms with Crippen LogP contribution in [0.3, 0.4) is 0 Å². The lowest BCUT2D eigenvalue weighted by Crippen LogP contribution is -1.95. The zero-order chi connectivity index (χ0) is 9.80. The summed E-state index contributed by atoms with van der Waals surface area (Å²) in [5, 5.41) is 0. The molecule has 2 nitrogen and oxygen atoms in total. The highest BCUT2D eigenvalue weighted by molar-refractivity contribution is 5.46. The lowest BCUT2D eigenvalue weighted by molar-refractivity contribution is 1.15. The molecule has 0 radical (unpaired) electrons. The molecule has 2 heteroatoms. The molecule has 2 rings (SSSR count). The maximum atomic E-state index is 5.83. The van der Waals surface area contributed by atoms with Crippen molar-refractivity contribution in [3.8, 4) is 0 Å². The summed E-state index contributed by atoms with van der Waals surface area (Å²) in [5.41, 5.74) is 8.98. The van der Waals surface area contributed by atoms with E-state index in [9.17, 15) is 0 Å². The molecule has 1 heterocycles. The van der Waals surface area contributed by atoms with Crippen molar-refractivity contribution >= 4 is 5.69 Å². The minimum Gasteiger partial charge on any atom is -0.398 e. The van der Waals surface area contributed by atoms with Crippen LogP contribution in [0.4, 0.5) is 5.69 Å². The highest BCUT2D eigenvalue weighted by atomic mass is 14.7. The smallest absolute Gasteiger partial charge is 0.0380 e. The minimum atomic E-state index is 0.809. The third kappa shape index (κ3) is 1.91. The van der Waals surface area contributed by atoms with Gasteiger partial charge in [-0.05, 0) is 17.2 Å². The van der Waals surface area contributed by atoms with Crippen molar-refractivity contribution in [1.29, 1.82) is 0 Å². The van der Waals surface area contributed by atoms with Crippen LogP contribution >= 0.6 is 0 Å². The van der Waals surface area contributed by atoms with E-state index in [2.05, 4.69) is 17.1 Å². The fourth-order valence-electron chi connectivity index (χ4n) is 1.40. The number of anilines is 1. The molecule has 0 unspecified atom stereocenters. The highest BCUT2D eigenvalue weighted by Crippen LogP contribution is 2.14. The van der Waals surface area contributed by atoms with Gasteiger partial charge >= 0.3 is 0 Å². The number of rotatable bonds is 2. The van der Waals surface area contributed by atoms with Gasteiger partial charge < -0.3 is 5.73 Å². The van der Waals surface area contributed by atoms with E-state index in [0.29, 0.717) is 0 Å². The Morgan fingerprint density at radius 3 is 2.57 bits per heavy atom. The van der Waals surface area contributed by atoms with Crippen LogP contribution in [0.1, 0.15) is 11.1 Å². The summed E-state index contributed by atoms with van der Waals surface area (Å²) in [6.45, 7) is 0. The Bertz CT molecular complexity index is 410. The van der Waals surface area contributed by atoms with E-state index in [0.717, 1.165) is 17.7 Å². The second kappa shape index (κ2) is 3.92. The molecule has 0 amide bonds. The van der Waals surface area contributed by atoms with Crippen LogP contribution < -0.4 is 5.73 Å². The van der Waals surface area contributed by atoms with E-state index >= 15 is 0 Å². The first-order valence-corrected chi connectivity index (χ1v) is 4.58. The Morgan fingerprint density at radius 1 is 1.07 bits per heavy atom. The molecule has 0 atom stereocenters. The summed E-state index contributed by atoms with van der Waals surface area (Å²) in [6, 6.07) is 12.1. The molecular formula is C12H12N2. The Balaban J connectivity index is 2.24. The molecule has 0 aliphatic carbocycles. The van der Waals surface area contributed by atoms with Gasteiger partial charge in [-0.1, -0.05) is 30.3 Å². The van der Waals surface area contributed by atoms with Crippen LogP contribution in [0.15, 0.2) is 48.8 Å². The second-order valence-corrected chi connectivity index (χ2v) is 3.24. The van der Waals surface area contributed by atoms with Crippen molar-refractivity contribution < 1.29 is 0 Å². The quantitative estimate of drug-likeness (QED) is 0.777. The van der Waals surface area contributed by atoms with Crippen LogP contribution in [-0.4, -0.2) is 4.98 Å². The van der Waals surface area contributed by atoms with Crippen molar-refractivity contribution in [1.82, 2.24) is 4.98 Å². The van der Waals surface area contributed by atoms with Crippen LogP contribution in [-0.2, 0) is 6.42 Å². The van der Waals surface area contributed by atoms with E-state index in [-0.39, 0.29) is 0 Å². The van der Waals surface area contributed by atoms with Gasteiger partial charge in [0.25, 0.3) is 0 Å². The average Bonchev–Trinajstić information content (AvgIpc) is 2.23. The van der Waals surface area contributed by atoms with Crippen molar-refractivity contribution in [2.45, 2.75) is 6.42 Å². The SMILES string of the molecule is Nc1ccncc1Cc1ccccc1. The Morgan fingerprint density at radius 2 is 1.86 bits per heavy atom. The van der Waals surface area contributed by atoms with Gasteiger partial charge in [-0.25, -0.2) is 0 Å². The summed E-state index contributed by atoms with van der Waals surface area (Å²) in [6.07, 6.45) is 4.38. The van der Waals surface area contributed by atoms with Gasteiger partial charge in [0.1, 0.15) is 0 Å². The number of pyridine rings is 1. The van der Waals surface area contributed by atoms with Crippen LogP contribution in [0, 0.1) is 0 Å². The van der Waals surface area contributed by atoms with E-state index in [1.807, 2.05) is 30.5 Å². The fraction of sp³-hybridized carbons (Fsp3) is 0.0833. The Labute approximate surface area is 83.4 Å². The zero-order valence-electron chi connectivity index (χ0n) is 7.85. The fourth-order valence-corrected chi connectivity index (χ4v) is 1.40. The largest absolute Gasteiger partial charge is 0.398 e. The van der Waals surface area contributed by atoms with Gasteiger partial charge in [0.05, 0.1) is 0 Å². The Hall–Kier alpha value is -1.83. The Kier molecular flexibility index (Phi) is 2.45. The summed E-state index contributed by atoms with van der Waals surface area (Å²) >= 11 is 0. The van der Waals surface area contributed by atoms with Gasteiger partial charge in [-0.2, -0.15) is 0 Å². The lowest BCUT2D eigenvalue weighted by atomic mass is 10.1. The molecule has 0 saturated heterocycles. The molecule has 1 aromatic heterocycles. The molecule has 14 heavy (non-hydrogen) atoms. The van der Waals surface area contributed by atoms with E-state index < -0.39 is 0 Å². The number of aromatic nitrogens is 1.